The van der Waals surface area contributed by atoms with Crippen LogP contribution >= 0.6 is 11.3 Å². The molecule has 0 bridgehead atoms. The molecule has 0 saturated heterocycles. The first-order chi connectivity index (χ1) is 5.66. The summed E-state index contributed by atoms with van der Waals surface area (Å²) in [5, 5.41) is 13.0. The molecular formula is C6H5NO4S. The minimum atomic E-state index is -0.678. The molecule has 12 heavy (non-hydrogen) atoms. The van der Waals surface area contributed by atoms with Crippen molar-refractivity contribution in [3.05, 3.63) is 26.4 Å². The number of carbonyl (C=O) groups excluding carboxylic acids is 1. The van der Waals surface area contributed by atoms with Gasteiger partial charge in [-0.1, -0.05) is 0 Å². The molecule has 5 nitrogen and oxygen atoms in total. The molecule has 0 aliphatic heterocycles. The van der Waals surface area contributed by atoms with Crippen LogP contribution in [0.2, 0.25) is 0 Å². The molecule has 0 N–H and O–H groups in total. The van der Waals surface area contributed by atoms with Gasteiger partial charge in [-0.3, -0.25) is 10.1 Å². The van der Waals surface area contributed by atoms with Crippen LogP contribution in [0.25, 0.3) is 0 Å². The lowest BCUT2D eigenvalue weighted by atomic mass is 10.3. The first-order valence-electron chi connectivity index (χ1n) is 2.95. The van der Waals surface area contributed by atoms with Gasteiger partial charge in [0.15, 0.2) is 0 Å². The van der Waals surface area contributed by atoms with E-state index in [9.17, 15) is 14.9 Å². The molecule has 1 heterocycles. The summed E-state index contributed by atoms with van der Waals surface area (Å²) in [6.07, 6.45) is 0. The van der Waals surface area contributed by atoms with Crippen molar-refractivity contribution < 1.29 is 14.5 Å². The van der Waals surface area contributed by atoms with Gasteiger partial charge in [0.05, 0.1) is 17.4 Å². The smallest absolute Gasteiger partial charge is 0.345 e. The quantitative estimate of drug-likeness (QED) is 0.399. The number of ether oxygens (including phenoxy) is 1. The monoisotopic (exact) mass is 187 g/mol. The van der Waals surface area contributed by atoms with Gasteiger partial charge in [-0.15, -0.1) is 11.3 Å². The Hall–Kier alpha value is -1.43. The van der Waals surface area contributed by atoms with Crippen molar-refractivity contribution in [1.29, 1.82) is 0 Å². The molecule has 0 fully saturated rings. The fraction of sp³-hybridized carbons (Fsp3) is 0.167. The molecule has 0 spiro atoms. The minimum absolute atomic E-state index is 0.00694. The third-order valence-corrected chi connectivity index (χ3v) is 1.97. The largest absolute Gasteiger partial charge is 0.465 e. The maximum Gasteiger partial charge on any atom is 0.345 e. The fourth-order valence-electron chi connectivity index (χ4n) is 0.694. The van der Waals surface area contributed by atoms with Gasteiger partial charge in [-0.25, -0.2) is 4.79 Å². The van der Waals surface area contributed by atoms with E-state index in [2.05, 4.69) is 4.74 Å². The lowest BCUT2D eigenvalue weighted by Gasteiger charge is -1.93. The van der Waals surface area contributed by atoms with E-state index < -0.39 is 10.9 Å². The second kappa shape index (κ2) is 3.31. The van der Waals surface area contributed by atoms with Gasteiger partial charge in [-0.2, -0.15) is 0 Å². The topological polar surface area (TPSA) is 69.4 Å². The Bertz CT molecular complexity index is 319. The molecule has 1 rings (SSSR count). The maximum atomic E-state index is 10.9. The van der Waals surface area contributed by atoms with Gasteiger partial charge < -0.3 is 4.74 Å². The van der Waals surface area contributed by atoms with Gasteiger partial charge in [0.25, 0.3) is 5.69 Å². The van der Waals surface area contributed by atoms with Crippen molar-refractivity contribution in [2.75, 3.05) is 7.11 Å². The summed E-state index contributed by atoms with van der Waals surface area (Å²) in [6.45, 7) is 0. The van der Waals surface area contributed by atoms with E-state index in [0.29, 0.717) is 0 Å². The van der Waals surface area contributed by atoms with Crippen LogP contribution in [0.3, 0.4) is 0 Å². The van der Waals surface area contributed by atoms with Crippen molar-refractivity contribution in [3.8, 4) is 0 Å². The van der Waals surface area contributed by atoms with Crippen LogP contribution in [-0.4, -0.2) is 18.0 Å². The summed E-state index contributed by atoms with van der Waals surface area (Å²) in [7, 11) is 1.18. The number of hydrogen-bond donors (Lipinski definition) is 0. The van der Waals surface area contributed by atoms with Crippen LogP contribution in [-0.2, 0) is 4.74 Å². The highest BCUT2D eigenvalue weighted by molar-refractivity contribution is 7.08. The Balaban J connectivity index is 3.07. The van der Waals surface area contributed by atoms with Gasteiger partial charge in [0, 0.05) is 5.38 Å². The maximum absolute atomic E-state index is 10.9. The van der Waals surface area contributed by atoms with Crippen molar-refractivity contribution in [2.24, 2.45) is 0 Å². The first kappa shape index (κ1) is 8.66. The second-order valence-corrected chi connectivity index (χ2v) is 2.66. The predicted octanol–water partition coefficient (Wildman–Crippen LogP) is 1.44. The van der Waals surface area contributed by atoms with E-state index in [-0.39, 0.29) is 11.3 Å². The van der Waals surface area contributed by atoms with Crippen molar-refractivity contribution >= 4 is 23.0 Å². The van der Waals surface area contributed by atoms with Crippen LogP contribution < -0.4 is 0 Å². The third kappa shape index (κ3) is 1.42. The van der Waals surface area contributed by atoms with E-state index in [1.807, 2.05) is 0 Å². The Kier molecular flexibility index (Phi) is 2.39. The molecule has 1 aromatic rings. The zero-order chi connectivity index (χ0) is 9.14. The normalized spacial score (nSPS) is 9.42. The lowest BCUT2D eigenvalue weighted by molar-refractivity contribution is -0.384. The molecule has 0 atom stereocenters. The van der Waals surface area contributed by atoms with E-state index in [1.54, 1.807) is 0 Å². The molecular weight excluding hydrogens is 182 g/mol. The summed E-state index contributed by atoms with van der Waals surface area (Å²) in [5.41, 5.74) is -0.195. The van der Waals surface area contributed by atoms with Gasteiger partial charge >= 0.3 is 5.97 Å². The summed E-state index contributed by atoms with van der Waals surface area (Å²) in [6, 6.07) is 0. The molecule has 0 aromatic carbocycles. The van der Waals surface area contributed by atoms with Crippen LogP contribution in [0.15, 0.2) is 10.8 Å². The number of hydrogen-bond acceptors (Lipinski definition) is 5. The van der Waals surface area contributed by atoms with Crippen LogP contribution in [0.4, 0.5) is 5.69 Å². The van der Waals surface area contributed by atoms with Crippen LogP contribution in [0, 0.1) is 10.1 Å². The van der Waals surface area contributed by atoms with Gasteiger partial charge in [0.1, 0.15) is 5.56 Å². The number of carbonyl (C=O) groups is 1. The Morgan fingerprint density at radius 3 is 2.83 bits per heavy atom. The third-order valence-electron chi connectivity index (χ3n) is 1.24. The van der Waals surface area contributed by atoms with Crippen molar-refractivity contribution in [2.45, 2.75) is 0 Å². The van der Waals surface area contributed by atoms with Gasteiger partial charge in [0.2, 0.25) is 0 Å². The summed E-state index contributed by atoms with van der Waals surface area (Å²) >= 11 is 1.10. The molecule has 1 aromatic heterocycles. The zero-order valence-electron chi connectivity index (χ0n) is 6.14. The molecule has 0 aliphatic rings. The molecule has 0 amide bonds. The minimum Gasteiger partial charge on any atom is -0.465 e. The zero-order valence-corrected chi connectivity index (χ0v) is 6.96. The number of esters is 1. The molecule has 0 saturated carbocycles. The lowest BCUT2D eigenvalue weighted by Crippen LogP contribution is -2.02. The van der Waals surface area contributed by atoms with E-state index in [1.165, 1.54) is 17.9 Å². The van der Waals surface area contributed by atoms with Crippen molar-refractivity contribution in [1.82, 2.24) is 0 Å². The molecule has 0 aliphatic carbocycles. The average Bonchev–Trinajstić information content (AvgIpc) is 2.50. The predicted molar refractivity (Wildman–Crippen MR) is 42.3 cm³/mol. The summed E-state index contributed by atoms with van der Waals surface area (Å²) in [5.74, 6) is -0.678. The highest BCUT2D eigenvalue weighted by Crippen LogP contribution is 2.23. The van der Waals surface area contributed by atoms with E-state index >= 15 is 0 Å². The fourth-order valence-corrected chi connectivity index (χ4v) is 1.46. The molecule has 0 radical (unpaired) electrons. The number of thiophene rings is 1. The Labute approximate surface area is 71.7 Å². The Morgan fingerprint density at radius 2 is 2.33 bits per heavy atom. The first-order valence-corrected chi connectivity index (χ1v) is 3.90. The molecule has 0 unspecified atom stereocenters. The van der Waals surface area contributed by atoms with Crippen LogP contribution in [0.1, 0.15) is 10.4 Å². The summed E-state index contributed by atoms with van der Waals surface area (Å²) in [4.78, 5) is 20.6. The Morgan fingerprint density at radius 1 is 1.67 bits per heavy atom. The van der Waals surface area contributed by atoms with Gasteiger partial charge in [-0.05, 0) is 0 Å². The van der Waals surface area contributed by atoms with Crippen LogP contribution in [0.5, 0.6) is 0 Å². The number of nitro groups is 1. The molecule has 6 heteroatoms. The standard InChI is InChI=1S/C6H5NO4S/c1-11-6(8)4-2-12-3-5(4)7(9)10/h2-3H,1H3. The average molecular weight is 187 g/mol. The highest BCUT2D eigenvalue weighted by Gasteiger charge is 2.21. The number of rotatable bonds is 2. The SMILES string of the molecule is COC(=O)c1cscc1[N+](=O)[O-]. The van der Waals surface area contributed by atoms with E-state index in [4.69, 9.17) is 0 Å². The molecule has 64 valence electrons. The van der Waals surface area contributed by atoms with E-state index in [0.717, 1.165) is 11.3 Å². The number of methoxy groups -OCH3 is 1. The number of nitrogens with zero attached hydrogens (tertiary/aromatic N) is 1. The highest BCUT2D eigenvalue weighted by atomic mass is 32.1. The second-order valence-electron chi connectivity index (χ2n) is 1.92. The van der Waals surface area contributed by atoms with Crippen molar-refractivity contribution in [3.63, 3.8) is 0 Å². The summed E-state index contributed by atoms with van der Waals surface area (Å²) < 4.78 is 4.35.